The van der Waals surface area contributed by atoms with Gasteiger partial charge in [-0.15, -0.1) is 24.0 Å². The molecule has 1 saturated carbocycles. The van der Waals surface area contributed by atoms with Crippen molar-refractivity contribution >= 4 is 35.8 Å². The van der Waals surface area contributed by atoms with E-state index in [4.69, 9.17) is 15.5 Å². The monoisotopic (exact) mass is 522 g/mol. The molecule has 0 atom stereocenters. The lowest BCUT2D eigenvalue weighted by atomic mass is 9.96. The maximum atomic E-state index is 10.8. The fraction of sp³-hybridized carbons (Fsp3) is 0.391. The predicted molar refractivity (Wildman–Crippen MR) is 132 cm³/mol. The number of amides is 1. The zero-order chi connectivity index (χ0) is 20.5. The van der Waals surface area contributed by atoms with Crippen LogP contribution in [0.15, 0.2) is 59.6 Å². The molecule has 6 nitrogen and oxygen atoms in total. The minimum atomic E-state index is -0.478. The largest absolute Gasteiger partial charge is 0.484 e. The minimum absolute atomic E-state index is 0. The summed E-state index contributed by atoms with van der Waals surface area (Å²) in [6, 6.07) is 18.4. The van der Waals surface area contributed by atoms with Gasteiger partial charge in [-0.1, -0.05) is 42.5 Å². The summed E-state index contributed by atoms with van der Waals surface area (Å²) in [4.78, 5) is 15.6. The van der Waals surface area contributed by atoms with Crippen LogP contribution < -0.4 is 21.1 Å². The molecule has 1 aliphatic carbocycles. The number of ether oxygens (including phenoxy) is 1. The average Bonchev–Trinajstić information content (AvgIpc) is 3.53. The summed E-state index contributed by atoms with van der Waals surface area (Å²) >= 11 is 0. The molecule has 2 aromatic rings. The molecule has 1 aliphatic rings. The first-order chi connectivity index (χ1) is 14.1. The molecule has 1 amide bonds. The number of carbonyl (C=O) groups is 1. The molecule has 162 valence electrons. The number of guanidine groups is 1. The summed E-state index contributed by atoms with van der Waals surface area (Å²) in [5.41, 5.74) is 7.87. The smallest absolute Gasteiger partial charge is 0.255 e. The molecule has 1 fully saturated rings. The highest BCUT2D eigenvalue weighted by Gasteiger charge is 2.43. The van der Waals surface area contributed by atoms with Crippen molar-refractivity contribution in [1.82, 2.24) is 10.6 Å². The Hall–Kier alpha value is -2.29. The Kier molecular flexibility index (Phi) is 9.42. The summed E-state index contributed by atoms with van der Waals surface area (Å²) in [6.45, 7) is 4.39. The molecule has 0 radical (unpaired) electrons. The number of nitrogens with two attached hydrogens (primary N) is 1. The molecule has 3 rings (SSSR count). The Morgan fingerprint density at radius 3 is 2.40 bits per heavy atom. The molecule has 0 bridgehead atoms. The first-order valence-electron chi connectivity index (χ1n) is 10.2. The number of primary amides is 1. The lowest BCUT2D eigenvalue weighted by molar-refractivity contribution is -0.119. The van der Waals surface area contributed by atoms with Crippen molar-refractivity contribution in [3.05, 3.63) is 65.7 Å². The highest BCUT2D eigenvalue weighted by Crippen LogP contribution is 2.48. The van der Waals surface area contributed by atoms with Gasteiger partial charge in [0.2, 0.25) is 0 Å². The Labute approximate surface area is 195 Å². The molecule has 0 heterocycles. The molecule has 30 heavy (non-hydrogen) atoms. The number of aliphatic imine (C=N–C) groups is 1. The lowest BCUT2D eigenvalue weighted by Gasteiger charge is -2.16. The van der Waals surface area contributed by atoms with Crippen molar-refractivity contribution in [1.29, 1.82) is 0 Å². The fourth-order valence-electron chi connectivity index (χ4n) is 3.28. The van der Waals surface area contributed by atoms with Gasteiger partial charge >= 0.3 is 0 Å². The first-order valence-corrected chi connectivity index (χ1v) is 10.2. The van der Waals surface area contributed by atoms with E-state index in [1.165, 1.54) is 24.0 Å². The van der Waals surface area contributed by atoms with E-state index in [2.05, 4.69) is 47.9 Å². The van der Waals surface area contributed by atoms with Crippen LogP contribution in [0.2, 0.25) is 0 Å². The van der Waals surface area contributed by atoms with Crippen LogP contribution in [0.1, 0.15) is 30.9 Å². The normalized spacial score (nSPS) is 14.4. The van der Waals surface area contributed by atoms with Crippen molar-refractivity contribution in [2.45, 2.75) is 31.6 Å². The van der Waals surface area contributed by atoms with E-state index in [0.29, 0.717) is 5.75 Å². The first kappa shape index (κ1) is 24.0. The van der Waals surface area contributed by atoms with Gasteiger partial charge in [-0.05, 0) is 49.4 Å². The molecule has 7 heteroatoms. The van der Waals surface area contributed by atoms with Crippen molar-refractivity contribution in [2.24, 2.45) is 10.7 Å². The molecular formula is C23H31IN4O2. The van der Waals surface area contributed by atoms with E-state index in [0.717, 1.165) is 32.0 Å². The number of benzene rings is 2. The topological polar surface area (TPSA) is 88.7 Å². The molecule has 4 N–H and O–H groups in total. The Bertz CT molecular complexity index is 821. The Morgan fingerprint density at radius 1 is 1.10 bits per heavy atom. The molecule has 0 saturated heterocycles. The summed E-state index contributed by atoms with van der Waals surface area (Å²) in [5.74, 6) is 1.02. The highest BCUT2D eigenvalue weighted by molar-refractivity contribution is 14.0. The summed E-state index contributed by atoms with van der Waals surface area (Å²) in [5, 5.41) is 6.75. The van der Waals surface area contributed by atoms with Gasteiger partial charge in [0.15, 0.2) is 12.6 Å². The molecule has 0 aromatic heterocycles. The number of nitrogens with zero attached hydrogens (tertiary/aromatic N) is 1. The Balaban J connectivity index is 0.00000320. The van der Waals surface area contributed by atoms with Gasteiger partial charge in [0.05, 0.1) is 6.54 Å². The number of carbonyl (C=O) groups excluding carboxylic acids is 1. The quantitative estimate of drug-likeness (QED) is 0.254. The average molecular weight is 522 g/mol. The van der Waals surface area contributed by atoms with E-state index in [-0.39, 0.29) is 36.0 Å². The summed E-state index contributed by atoms with van der Waals surface area (Å²) < 4.78 is 5.28. The van der Waals surface area contributed by atoms with Crippen LogP contribution in [0.4, 0.5) is 0 Å². The van der Waals surface area contributed by atoms with E-state index in [9.17, 15) is 4.79 Å². The number of hydrogen-bond donors (Lipinski definition) is 3. The van der Waals surface area contributed by atoms with Crippen molar-refractivity contribution in [3.63, 3.8) is 0 Å². The number of hydrogen-bond acceptors (Lipinski definition) is 3. The van der Waals surface area contributed by atoms with Crippen molar-refractivity contribution < 1.29 is 9.53 Å². The van der Waals surface area contributed by atoms with E-state index in [1.54, 1.807) is 0 Å². The Morgan fingerprint density at radius 2 is 1.80 bits per heavy atom. The third-order valence-corrected chi connectivity index (χ3v) is 5.13. The standard InChI is InChI=1S/C23H30N4O2.HI/c1-2-25-22(27-17-23(13-14-23)19-6-4-3-5-7-19)26-15-12-18-8-10-20(11-9-18)29-16-21(24)28;/h3-11H,2,12-17H2,1H3,(H2,24,28)(H2,25,26,27);1H. The van der Waals surface area contributed by atoms with Gasteiger partial charge in [0.1, 0.15) is 5.75 Å². The third kappa shape index (κ3) is 7.19. The van der Waals surface area contributed by atoms with Gasteiger partial charge in [-0.2, -0.15) is 0 Å². The second-order valence-corrected chi connectivity index (χ2v) is 7.42. The second-order valence-electron chi connectivity index (χ2n) is 7.42. The molecule has 0 spiro atoms. The zero-order valence-electron chi connectivity index (χ0n) is 17.4. The van der Waals surface area contributed by atoms with Crippen LogP contribution in [-0.4, -0.2) is 38.1 Å². The number of nitrogens with one attached hydrogen (secondary N) is 2. The van der Waals surface area contributed by atoms with Gasteiger partial charge in [-0.25, -0.2) is 0 Å². The number of halogens is 1. The maximum Gasteiger partial charge on any atom is 0.255 e. The highest BCUT2D eigenvalue weighted by atomic mass is 127. The summed E-state index contributed by atoms with van der Waals surface area (Å²) in [7, 11) is 0. The van der Waals surface area contributed by atoms with E-state index >= 15 is 0 Å². The fourth-order valence-corrected chi connectivity index (χ4v) is 3.28. The van der Waals surface area contributed by atoms with Gasteiger partial charge in [0.25, 0.3) is 5.91 Å². The molecule has 2 aromatic carbocycles. The van der Waals surface area contributed by atoms with Gasteiger partial charge in [0, 0.05) is 18.5 Å². The van der Waals surface area contributed by atoms with Crippen LogP contribution in [-0.2, 0) is 16.6 Å². The van der Waals surface area contributed by atoms with Gasteiger partial charge < -0.3 is 21.1 Å². The molecule has 0 unspecified atom stereocenters. The summed E-state index contributed by atoms with van der Waals surface area (Å²) in [6.07, 6.45) is 3.26. The van der Waals surface area contributed by atoms with Crippen LogP contribution in [0.3, 0.4) is 0 Å². The van der Waals surface area contributed by atoms with Crippen LogP contribution in [0, 0.1) is 0 Å². The third-order valence-electron chi connectivity index (χ3n) is 5.13. The maximum absolute atomic E-state index is 10.8. The van der Waals surface area contributed by atoms with Crippen molar-refractivity contribution in [2.75, 3.05) is 26.2 Å². The predicted octanol–water partition coefficient (Wildman–Crippen LogP) is 3.00. The minimum Gasteiger partial charge on any atom is -0.484 e. The van der Waals surface area contributed by atoms with Crippen LogP contribution in [0.5, 0.6) is 5.75 Å². The van der Waals surface area contributed by atoms with Gasteiger partial charge in [-0.3, -0.25) is 9.79 Å². The van der Waals surface area contributed by atoms with Crippen molar-refractivity contribution in [3.8, 4) is 5.75 Å². The van der Waals surface area contributed by atoms with E-state index < -0.39 is 5.91 Å². The molecular weight excluding hydrogens is 491 g/mol. The SMILES string of the molecule is CCNC(=NCC1(c2ccccc2)CC1)NCCc1ccc(OCC(N)=O)cc1.I. The van der Waals surface area contributed by atoms with E-state index in [1.807, 2.05) is 24.3 Å². The lowest BCUT2D eigenvalue weighted by Crippen LogP contribution is -2.39. The molecule has 0 aliphatic heterocycles. The number of rotatable bonds is 10. The van der Waals surface area contributed by atoms with Crippen LogP contribution >= 0.6 is 24.0 Å². The zero-order valence-corrected chi connectivity index (χ0v) is 19.7. The van der Waals surface area contributed by atoms with Crippen LogP contribution in [0.25, 0.3) is 0 Å². The second kappa shape index (κ2) is 11.8.